The molecule has 0 radical (unpaired) electrons. The van der Waals surface area contributed by atoms with E-state index in [1.807, 2.05) is 0 Å². The quantitative estimate of drug-likeness (QED) is 0.688. The van der Waals surface area contributed by atoms with Gasteiger partial charge in [0, 0.05) is 0 Å². The van der Waals surface area contributed by atoms with Crippen LogP contribution in [-0.2, 0) is 12.8 Å². The molecule has 0 atom stereocenters. The number of thiol groups is 1. The molecule has 0 saturated heterocycles. The minimum absolute atomic E-state index is 0.954. The van der Waals surface area contributed by atoms with Crippen LogP contribution in [0.5, 0.6) is 0 Å². The minimum atomic E-state index is 0.954. The van der Waals surface area contributed by atoms with Gasteiger partial charge in [0.05, 0.1) is 0 Å². The van der Waals surface area contributed by atoms with Crippen LogP contribution in [0.2, 0.25) is 0 Å². The van der Waals surface area contributed by atoms with E-state index in [1.54, 1.807) is 0 Å². The van der Waals surface area contributed by atoms with Crippen molar-refractivity contribution in [2.24, 2.45) is 0 Å². The van der Waals surface area contributed by atoms with Gasteiger partial charge in [-0.05, 0) is 47.3 Å². The third-order valence-corrected chi connectivity index (χ3v) is 3.69. The van der Waals surface area contributed by atoms with E-state index < -0.39 is 0 Å². The molecule has 0 nitrogen and oxygen atoms in total. The summed E-state index contributed by atoms with van der Waals surface area (Å²) in [6.07, 6.45) is 4.63. The van der Waals surface area contributed by atoms with Crippen LogP contribution in [0.4, 0.5) is 0 Å². The normalized spacial score (nSPS) is 10.6. The summed E-state index contributed by atoms with van der Waals surface area (Å²) in [5.41, 5.74) is 5.47. The van der Waals surface area contributed by atoms with Gasteiger partial charge in [0.25, 0.3) is 0 Å². The molecule has 0 bridgehead atoms. The number of rotatable bonds is 6. The van der Waals surface area contributed by atoms with Gasteiger partial charge in [0.15, 0.2) is 0 Å². The highest BCUT2D eigenvalue weighted by Gasteiger charge is 2.00. The van der Waals surface area contributed by atoms with E-state index in [1.165, 1.54) is 35.1 Å². The van der Waals surface area contributed by atoms with E-state index in [9.17, 15) is 0 Å². The second-order valence-electron chi connectivity index (χ2n) is 4.97. The Morgan fingerprint density at radius 3 is 2.32 bits per heavy atom. The lowest BCUT2D eigenvalue weighted by Gasteiger charge is -2.06. The van der Waals surface area contributed by atoms with Crippen LogP contribution >= 0.6 is 12.6 Å². The molecule has 19 heavy (non-hydrogen) atoms. The zero-order valence-corrected chi connectivity index (χ0v) is 12.5. The zero-order chi connectivity index (χ0) is 13.5. The molecule has 1 heteroatoms. The third kappa shape index (κ3) is 4.14. The van der Waals surface area contributed by atoms with Gasteiger partial charge in [0.2, 0.25) is 0 Å². The molecule has 0 unspecified atom stereocenters. The van der Waals surface area contributed by atoms with Crippen molar-refractivity contribution in [3.8, 4) is 11.1 Å². The smallest absolute Gasteiger partial charge is 0.00947 e. The van der Waals surface area contributed by atoms with Crippen LogP contribution in [0.15, 0.2) is 48.5 Å². The second-order valence-corrected chi connectivity index (χ2v) is 5.42. The van der Waals surface area contributed by atoms with Crippen LogP contribution in [0.3, 0.4) is 0 Å². The lowest BCUT2D eigenvalue weighted by atomic mass is 9.99. The first-order chi connectivity index (χ1) is 9.33. The van der Waals surface area contributed by atoms with E-state index in [0.29, 0.717) is 0 Å². The first kappa shape index (κ1) is 14.2. The molecule has 0 aromatic heterocycles. The molecule has 0 aliphatic rings. The van der Waals surface area contributed by atoms with Crippen molar-refractivity contribution in [2.75, 3.05) is 5.75 Å². The number of aryl methyl sites for hydroxylation is 2. The molecule has 0 spiro atoms. The summed E-state index contributed by atoms with van der Waals surface area (Å²) in [5, 5.41) is 0. The summed E-state index contributed by atoms with van der Waals surface area (Å²) >= 11 is 4.28. The van der Waals surface area contributed by atoms with Gasteiger partial charge in [-0.1, -0.05) is 61.9 Å². The Balaban J connectivity index is 2.16. The molecule has 0 amide bonds. The Morgan fingerprint density at radius 2 is 1.63 bits per heavy atom. The SMILES string of the molecule is CCCc1ccc(-c2cccc(CCCS)c2)cc1. The highest BCUT2D eigenvalue weighted by molar-refractivity contribution is 7.80. The second kappa shape index (κ2) is 7.40. The van der Waals surface area contributed by atoms with Crippen LogP contribution in [0.25, 0.3) is 11.1 Å². The lowest BCUT2D eigenvalue weighted by Crippen LogP contribution is -1.88. The summed E-state index contributed by atoms with van der Waals surface area (Å²) < 4.78 is 0. The van der Waals surface area contributed by atoms with Crippen molar-refractivity contribution in [3.05, 3.63) is 59.7 Å². The van der Waals surface area contributed by atoms with Gasteiger partial charge in [-0.15, -0.1) is 0 Å². The van der Waals surface area contributed by atoms with Crippen molar-refractivity contribution in [3.63, 3.8) is 0 Å². The minimum Gasteiger partial charge on any atom is -0.179 e. The van der Waals surface area contributed by atoms with Gasteiger partial charge < -0.3 is 0 Å². The lowest BCUT2D eigenvalue weighted by molar-refractivity contribution is 0.922. The van der Waals surface area contributed by atoms with Crippen LogP contribution in [0.1, 0.15) is 30.9 Å². The van der Waals surface area contributed by atoms with E-state index in [2.05, 4.69) is 68.1 Å². The standard InChI is InChI=1S/C18H22S/c1-2-5-15-9-11-17(12-10-15)18-8-3-6-16(14-18)7-4-13-19/h3,6,8-12,14,19H,2,4-5,7,13H2,1H3. The van der Waals surface area contributed by atoms with Crippen molar-refractivity contribution in [1.29, 1.82) is 0 Å². The summed E-state index contributed by atoms with van der Waals surface area (Å²) in [4.78, 5) is 0. The van der Waals surface area contributed by atoms with E-state index in [0.717, 1.165) is 18.6 Å². The zero-order valence-electron chi connectivity index (χ0n) is 11.6. The summed E-state index contributed by atoms with van der Waals surface area (Å²) in [6, 6.07) is 17.8. The van der Waals surface area contributed by atoms with E-state index >= 15 is 0 Å². The fraction of sp³-hybridized carbons (Fsp3) is 0.333. The Hall–Kier alpha value is -1.21. The summed E-state index contributed by atoms with van der Waals surface area (Å²) in [7, 11) is 0. The molecule has 0 fully saturated rings. The fourth-order valence-corrected chi connectivity index (χ4v) is 2.50. The highest BCUT2D eigenvalue weighted by atomic mass is 32.1. The third-order valence-electron chi connectivity index (χ3n) is 3.38. The molecular formula is C18H22S. The van der Waals surface area contributed by atoms with Crippen LogP contribution in [-0.4, -0.2) is 5.75 Å². The molecule has 2 aromatic rings. The first-order valence-electron chi connectivity index (χ1n) is 7.12. The Labute approximate surface area is 122 Å². The van der Waals surface area contributed by atoms with Crippen molar-refractivity contribution in [1.82, 2.24) is 0 Å². The van der Waals surface area contributed by atoms with E-state index in [4.69, 9.17) is 0 Å². The summed E-state index contributed by atoms with van der Waals surface area (Å²) in [6.45, 7) is 2.22. The average molecular weight is 270 g/mol. The maximum absolute atomic E-state index is 4.28. The van der Waals surface area contributed by atoms with Gasteiger partial charge in [-0.25, -0.2) is 0 Å². The molecule has 0 heterocycles. The average Bonchev–Trinajstić information content (AvgIpc) is 2.46. The molecule has 0 N–H and O–H groups in total. The Bertz CT molecular complexity index is 499. The predicted octanol–water partition coefficient (Wildman–Crippen LogP) is 5.17. The van der Waals surface area contributed by atoms with Gasteiger partial charge in [-0.2, -0.15) is 12.6 Å². The first-order valence-corrected chi connectivity index (χ1v) is 7.76. The molecule has 2 aromatic carbocycles. The molecular weight excluding hydrogens is 248 g/mol. The molecule has 100 valence electrons. The van der Waals surface area contributed by atoms with Gasteiger partial charge >= 0.3 is 0 Å². The Morgan fingerprint density at radius 1 is 0.842 bits per heavy atom. The van der Waals surface area contributed by atoms with Gasteiger partial charge in [-0.3, -0.25) is 0 Å². The van der Waals surface area contributed by atoms with Crippen molar-refractivity contribution < 1.29 is 0 Å². The van der Waals surface area contributed by atoms with Crippen molar-refractivity contribution in [2.45, 2.75) is 32.6 Å². The van der Waals surface area contributed by atoms with Gasteiger partial charge in [0.1, 0.15) is 0 Å². The molecule has 0 aliphatic heterocycles. The number of benzene rings is 2. The Kier molecular flexibility index (Phi) is 5.53. The number of hydrogen-bond donors (Lipinski definition) is 1. The fourth-order valence-electron chi connectivity index (χ4n) is 2.34. The maximum atomic E-state index is 4.28. The maximum Gasteiger partial charge on any atom is -0.00947 e. The topological polar surface area (TPSA) is 0 Å². The molecule has 0 aliphatic carbocycles. The predicted molar refractivity (Wildman–Crippen MR) is 88.0 cm³/mol. The van der Waals surface area contributed by atoms with Crippen LogP contribution < -0.4 is 0 Å². The monoisotopic (exact) mass is 270 g/mol. The summed E-state index contributed by atoms with van der Waals surface area (Å²) in [5.74, 6) is 0.954. The van der Waals surface area contributed by atoms with Crippen LogP contribution in [0, 0.1) is 0 Å². The number of hydrogen-bond acceptors (Lipinski definition) is 1. The molecule has 0 saturated carbocycles. The van der Waals surface area contributed by atoms with Crippen molar-refractivity contribution >= 4 is 12.6 Å². The van der Waals surface area contributed by atoms with E-state index in [-0.39, 0.29) is 0 Å². The highest BCUT2D eigenvalue weighted by Crippen LogP contribution is 2.22. The largest absolute Gasteiger partial charge is 0.179 e. The molecule has 2 rings (SSSR count).